The third-order valence-corrected chi connectivity index (χ3v) is 15.2. The molecule has 0 aliphatic heterocycles. The molecular weight excluding hydrogens is 739 g/mol. The van der Waals surface area contributed by atoms with Crippen molar-refractivity contribution in [3.63, 3.8) is 0 Å². The third-order valence-electron chi connectivity index (χ3n) is 13.0. The van der Waals surface area contributed by atoms with Gasteiger partial charge in [-0.05, 0) is 152 Å². The van der Waals surface area contributed by atoms with Crippen molar-refractivity contribution in [2.45, 2.75) is 6.42 Å². The summed E-state index contributed by atoms with van der Waals surface area (Å²) in [5.74, 6) is 0. The van der Waals surface area contributed by atoms with Crippen LogP contribution in [-0.2, 0) is 6.42 Å². The highest BCUT2D eigenvalue weighted by Crippen LogP contribution is 2.55. The van der Waals surface area contributed by atoms with Crippen LogP contribution in [0.3, 0.4) is 0 Å². The number of thiophene rings is 2. The molecule has 3 heteroatoms. The maximum atomic E-state index is 2.55. The molecule has 1 nitrogen and oxygen atoms in total. The zero-order valence-electron chi connectivity index (χ0n) is 31.2. The predicted molar refractivity (Wildman–Crippen MR) is 250 cm³/mol. The first-order valence-corrected chi connectivity index (χ1v) is 21.7. The van der Waals surface area contributed by atoms with Crippen molar-refractivity contribution in [3.05, 3.63) is 187 Å². The van der Waals surface area contributed by atoms with E-state index in [9.17, 15) is 0 Å². The summed E-state index contributed by atoms with van der Waals surface area (Å²) in [5.41, 5.74) is 19.5. The lowest BCUT2D eigenvalue weighted by Gasteiger charge is -2.25. The number of hydrogen-bond acceptors (Lipinski definition) is 2. The van der Waals surface area contributed by atoms with Gasteiger partial charge in [0.15, 0.2) is 0 Å². The molecule has 0 fully saturated rings. The normalized spacial score (nSPS) is 12.8. The highest BCUT2D eigenvalue weighted by molar-refractivity contribution is 7.26. The number of benzene rings is 9. The van der Waals surface area contributed by atoms with Crippen molar-refractivity contribution in [3.8, 4) is 61.3 Å². The maximum Gasteiger partial charge on any atom is 0.0547 e. The molecule has 0 saturated heterocycles. The summed E-state index contributed by atoms with van der Waals surface area (Å²) in [6.07, 6.45) is 0.946. The topological polar surface area (TPSA) is 4.93 Å². The summed E-state index contributed by atoms with van der Waals surface area (Å²) in [5, 5.41) is 7.86. The third kappa shape index (κ3) is 4.19. The Morgan fingerprint density at radius 2 is 0.810 bits per heavy atom. The lowest BCUT2D eigenvalue weighted by atomic mass is 9.78. The Bertz CT molecular complexity index is 3760. The molecule has 2 aliphatic carbocycles. The molecule has 12 aromatic rings. The standard InChI is InChI=1S/C55H31NS2/c1-2-13-33(14-3-1)56-50-19-9-6-16-35(50)47-25-41-44(28-51(47)56)39-23-32-22-31-12-4-5-15-34(31)38(32)24-40(39)45-29-54-48(36-17-7-10-20-52(36)57-54)26-42(45)43-27-49-37-18-8-11-21-53(37)58-55(49)30-46(41)43/h1-21,23-30H,22H2. The molecule has 3 aromatic heterocycles. The minimum absolute atomic E-state index is 0.946. The molecule has 0 saturated carbocycles. The number of para-hydroxylation sites is 2. The number of hydrogen-bond donors (Lipinski definition) is 0. The van der Waals surface area contributed by atoms with Crippen molar-refractivity contribution in [1.82, 2.24) is 4.57 Å². The minimum Gasteiger partial charge on any atom is -0.309 e. The van der Waals surface area contributed by atoms with Gasteiger partial charge in [-0.1, -0.05) is 97.1 Å². The van der Waals surface area contributed by atoms with E-state index in [4.69, 9.17) is 0 Å². The van der Waals surface area contributed by atoms with E-state index in [0.29, 0.717) is 0 Å². The molecule has 0 bridgehead atoms. The van der Waals surface area contributed by atoms with Crippen LogP contribution in [0.1, 0.15) is 11.1 Å². The molecule has 0 amide bonds. The Balaban J connectivity index is 1.20. The lowest BCUT2D eigenvalue weighted by Crippen LogP contribution is -2.00. The van der Waals surface area contributed by atoms with Crippen LogP contribution in [0.2, 0.25) is 0 Å². The fraction of sp³-hybridized carbons (Fsp3) is 0.0182. The molecule has 9 aromatic carbocycles. The van der Waals surface area contributed by atoms with E-state index in [1.54, 1.807) is 0 Å². The van der Waals surface area contributed by atoms with Gasteiger partial charge in [0.25, 0.3) is 0 Å². The van der Waals surface area contributed by atoms with Gasteiger partial charge < -0.3 is 4.57 Å². The Hall–Kier alpha value is -6.78. The number of aromatic nitrogens is 1. The minimum atomic E-state index is 0.946. The fourth-order valence-electron chi connectivity index (χ4n) is 10.4. The number of nitrogens with zero attached hydrogens (tertiary/aromatic N) is 1. The maximum absolute atomic E-state index is 2.55. The van der Waals surface area contributed by atoms with E-state index in [-0.39, 0.29) is 0 Å². The first kappa shape index (κ1) is 31.3. The highest BCUT2D eigenvalue weighted by Gasteiger charge is 2.29. The van der Waals surface area contributed by atoms with Gasteiger partial charge in [-0.25, -0.2) is 0 Å². The van der Waals surface area contributed by atoms with Gasteiger partial charge in [-0.2, -0.15) is 0 Å². The molecule has 0 spiro atoms. The average molecular weight is 770 g/mol. The Labute approximate surface area is 342 Å². The van der Waals surface area contributed by atoms with E-state index >= 15 is 0 Å². The second-order valence-electron chi connectivity index (χ2n) is 16.0. The number of fused-ring (bicyclic) bond motifs is 20. The smallest absolute Gasteiger partial charge is 0.0547 e. The fourth-order valence-corrected chi connectivity index (χ4v) is 12.6. The summed E-state index contributed by atoms with van der Waals surface area (Å²) in [6.45, 7) is 0. The Kier molecular flexibility index (Phi) is 6.17. The van der Waals surface area contributed by atoms with E-state index in [0.717, 1.165) is 6.42 Å². The first-order chi connectivity index (χ1) is 28.7. The molecule has 268 valence electrons. The quantitative estimate of drug-likeness (QED) is 0.157. The molecule has 0 N–H and O–H groups in total. The van der Waals surface area contributed by atoms with Crippen molar-refractivity contribution < 1.29 is 0 Å². The first-order valence-electron chi connectivity index (χ1n) is 20.0. The monoisotopic (exact) mass is 769 g/mol. The van der Waals surface area contributed by atoms with E-state index in [2.05, 4.69) is 180 Å². The zero-order chi connectivity index (χ0) is 37.6. The molecular formula is C55H31NS2. The SMILES string of the molecule is c1ccc(-n2c3ccccc3c3cc4c(cc32)-c2cc3c(cc2-c2cc5sc6ccccc6c5cc2-c2cc5c(cc2-4)sc2ccccc25)-c2ccccc2C3)cc1. The predicted octanol–water partition coefficient (Wildman–Crippen LogP) is 16.1. The average Bonchev–Trinajstić information content (AvgIpc) is 4.02. The van der Waals surface area contributed by atoms with Crippen LogP contribution in [0.4, 0.5) is 0 Å². The zero-order valence-corrected chi connectivity index (χ0v) is 32.8. The van der Waals surface area contributed by atoms with Gasteiger partial charge in [-0.15, -0.1) is 22.7 Å². The van der Waals surface area contributed by atoms with Crippen LogP contribution in [0.15, 0.2) is 176 Å². The van der Waals surface area contributed by atoms with Gasteiger partial charge in [0.2, 0.25) is 0 Å². The van der Waals surface area contributed by atoms with Crippen LogP contribution >= 0.6 is 22.7 Å². The second kappa shape index (κ2) is 11.4. The Morgan fingerprint density at radius 3 is 1.52 bits per heavy atom. The van der Waals surface area contributed by atoms with Gasteiger partial charge in [-0.3, -0.25) is 0 Å². The van der Waals surface area contributed by atoms with Crippen molar-refractivity contribution in [2.24, 2.45) is 0 Å². The Morgan fingerprint density at radius 1 is 0.293 bits per heavy atom. The highest BCUT2D eigenvalue weighted by atomic mass is 32.1. The van der Waals surface area contributed by atoms with E-state index < -0.39 is 0 Å². The molecule has 2 aliphatic rings. The van der Waals surface area contributed by atoms with Crippen LogP contribution in [0, 0.1) is 0 Å². The van der Waals surface area contributed by atoms with Gasteiger partial charge >= 0.3 is 0 Å². The van der Waals surface area contributed by atoms with Crippen LogP contribution in [0.25, 0.3) is 123 Å². The largest absolute Gasteiger partial charge is 0.309 e. The van der Waals surface area contributed by atoms with Crippen LogP contribution in [0.5, 0.6) is 0 Å². The van der Waals surface area contributed by atoms with Gasteiger partial charge in [0, 0.05) is 56.8 Å². The van der Waals surface area contributed by atoms with Gasteiger partial charge in [0.1, 0.15) is 0 Å². The molecule has 58 heavy (non-hydrogen) atoms. The van der Waals surface area contributed by atoms with Gasteiger partial charge in [0.05, 0.1) is 11.0 Å². The van der Waals surface area contributed by atoms with Crippen LogP contribution < -0.4 is 0 Å². The molecule has 14 rings (SSSR count). The van der Waals surface area contributed by atoms with Crippen molar-refractivity contribution in [1.29, 1.82) is 0 Å². The van der Waals surface area contributed by atoms with Crippen molar-refractivity contribution >= 4 is 84.8 Å². The summed E-state index contributed by atoms with van der Waals surface area (Å²) in [7, 11) is 0. The summed E-state index contributed by atoms with van der Waals surface area (Å²) >= 11 is 3.82. The number of rotatable bonds is 1. The summed E-state index contributed by atoms with van der Waals surface area (Å²) < 4.78 is 7.78. The molecule has 0 atom stereocenters. The van der Waals surface area contributed by atoms with Crippen molar-refractivity contribution in [2.75, 3.05) is 0 Å². The summed E-state index contributed by atoms with van der Waals surface area (Å²) in [4.78, 5) is 0. The van der Waals surface area contributed by atoms with E-state index in [1.807, 2.05) is 22.7 Å². The van der Waals surface area contributed by atoms with Crippen LogP contribution in [-0.4, -0.2) is 4.57 Å². The second-order valence-corrected chi connectivity index (χ2v) is 18.1. The molecule has 0 radical (unpaired) electrons. The lowest BCUT2D eigenvalue weighted by molar-refractivity contribution is 1.18. The summed E-state index contributed by atoms with van der Waals surface area (Å²) in [6, 6.07) is 66.9. The molecule has 3 heterocycles. The van der Waals surface area contributed by atoms with E-state index in [1.165, 1.54) is 135 Å². The molecule has 0 unspecified atom stereocenters.